The predicted molar refractivity (Wildman–Crippen MR) is 117 cm³/mol. The molecule has 1 amide bonds. The lowest BCUT2D eigenvalue weighted by molar-refractivity contribution is 0.102. The number of amides is 1. The molecule has 3 aromatic carbocycles. The number of benzene rings is 3. The van der Waals surface area contributed by atoms with Crippen molar-refractivity contribution < 1.29 is 13.2 Å². The number of carbonyl (C=O) groups excluding carboxylic acids is 1. The lowest BCUT2D eigenvalue weighted by Crippen LogP contribution is -2.31. The van der Waals surface area contributed by atoms with Gasteiger partial charge in [-0.25, -0.2) is 8.42 Å². The lowest BCUT2D eigenvalue weighted by Gasteiger charge is -2.23. The van der Waals surface area contributed by atoms with Gasteiger partial charge in [-0.15, -0.1) is 0 Å². The predicted octanol–water partition coefficient (Wildman–Crippen LogP) is 4.68. The summed E-state index contributed by atoms with van der Waals surface area (Å²) in [4.78, 5) is 12.4. The van der Waals surface area contributed by atoms with Crippen molar-refractivity contribution in [3.8, 4) is 6.07 Å². The second-order valence-corrected chi connectivity index (χ2v) is 8.53. The van der Waals surface area contributed by atoms with E-state index in [2.05, 4.69) is 5.32 Å². The Kier molecular flexibility index (Phi) is 6.40. The van der Waals surface area contributed by atoms with Crippen LogP contribution in [-0.2, 0) is 10.0 Å². The first-order chi connectivity index (χ1) is 14.4. The Labute approximate surface area is 180 Å². The van der Waals surface area contributed by atoms with Gasteiger partial charge in [-0.05, 0) is 61.5 Å². The van der Waals surface area contributed by atoms with Crippen LogP contribution in [-0.4, -0.2) is 20.9 Å². The Bertz CT molecular complexity index is 1200. The number of anilines is 2. The summed E-state index contributed by atoms with van der Waals surface area (Å²) >= 11 is 6.21. The molecule has 3 aromatic rings. The molecule has 30 heavy (non-hydrogen) atoms. The maximum atomic E-state index is 13.3. The van der Waals surface area contributed by atoms with Crippen LogP contribution < -0.4 is 9.62 Å². The third-order valence-corrected chi connectivity index (χ3v) is 6.75. The molecule has 0 fully saturated rings. The fraction of sp³-hybridized carbons (Fsp3) is 0.0909. The minimum Gasteiger partial charge on any atom is -0.322 e. The Hall–Kier alpha value is -3.34. The molecule has 8 heteroatoms. The van der Waals surface area contributed by atoms with E-state index in [-0.39, 0.29) is 22.2 Å². The van der Waals surface area contributed by atoms with Crippen LogP contribution in [0.15, 0.2) is 77.7 Å². The van der Waals surface area contributed by atoms with Gasteiger partial charge >= 0.3 is 0 Å². The molecule has 0 aliphatic rings. The molecular weight excluding hydrogens is 422 g/mol. The summed E-state index contributed by atoms with van der Waals surface area (Å²) in [7, 11) is -3.95. The third kappa shape index (κ3) is 4.46. The normalized spacial score (nSPS) is 10.8. The SMILES string of the molecule is CCN(c1ccccc1)S(=O)(=O)c1cc(NC(=O)c2ccc(C#N)cc2)ccc1Cl. The van der Waals surface area contributed by atoms with E-state index in [1.54, 1.807) is 37.3 Å². The maximum Gasteiger partial charge on any atom is 0.265 e. The van der Waals surface area contributed by atoms with Crippen molar-refractivity contribution in [1.29, 1.82) is 5.26 Å². The van der Waals surface area contributed by atoms with E-state index >= 15 is 0 Å². The molecule has 0 radical (unpaired) electrons. The zero-order valence-electron chi connectivity index (χ0n) is 16.0. The van der Waals surface area contributed by atoms with Gasteiger partial charge in [0.05, 0.1) is 22.3 Å². The van der Waals surface area contributed by atoms with Gasteiger partial charge in [0.25, 0.3) is 15.9 Å². The fourth-order valence-electron chi connectivity index (χ4n) is 2.88. The van der Waals surface area contributed by atoms with Crippen LogP contribution >= 0.6 is 11.6 Å². The van der Waals surface area contributed by atoms with E-state index in [4.69, 9.17) is 16.9 Å². The summed E-state index contributed by atoms with van der Waals surface area (Å²) in [5, 5.41) is 11.6. The van der Waals surface area contributed by atoms with Crippen LogP contribution in [0.3, 0.4) is 0 Å². The van der Waals surface area contributed by atoms with Crippen molar-refractivity contribution in [2.45, 2.75) is 11.8 Å². The molecule has 3 rings (SSSR count). The molecule has 0 aromatic heterocycles. The average molecular weight is 440 g/mol. The van der Waals surface area contributed by atoms with Gasteiger partial charge in [0, 0.05) is 17.8 Å². The summed E-state index contributed by atoms with van der Waals surface area (Å²) in [6.07, 6.45) is 0. The van der Waals surface area contributed by atoms with Crippen molar-refractivity contribution in [2.24, 2.45) is 0 Å². The van der Waals surface area contributed by atoms with Crippen molar-refractivity contribution in [1.82, 2.24) is 0 Å². The van der Waals surface area contributed by atoms with E-state index < -0.39 is 15.9 Å². The topological polar surface area (TPSA) is 90.3 Å². The van der Waals surface area contributed by atoms with Crippen LogP contribution in [0.2, 0.25) is 5.02 Å². The molecular formula is C22H18ClN3O3S. The Morgan fingerprint density at radius 1 is 1.07 bits per heavy atom. The summed E-state index contributed by atoms with van der Waals surface area (Å²) < 4.78 is 27.8. The summed E-state index contributed by atoms with van der Waals surface area (Å²) in [6.45, 7) is 1.94. The van der Waals surface area contributed by atoms with Crippen molar-refractivity contribution in [3.05, 3.63) is 88.9 Å². The number of nitrogens with one attached hydrogen (secondary N) is 1. The molecule has 1 N–H and O–H groups in total. The van der Waals surface area contributed by atoms with Gasteiger partial charge < -0.3 is 5.32 Å². The van der Waals surface area contributed by atoms with Crippen molar-refractivity contribution in [3.63, 3.8) is 0 Å². The number of carbonyl (C=O) groups is 1. The van der Waals surface area contributed by atoms with Crippen molar-refractivity contribution in [2.75, 3.05) is 16.2 Å². The van der Waals surface area contributed by atoms with E-state index in [0.29, 0.717) is 16.8 Å². The lowest BCUT2D eigenvalue weighted by atomic mass is 10.1. The van der Waals surface area contributed by atoms with E-state index in [0.717, 1.165) is 0 Å². The third-order valence-electron chi connectivity index (χ3n) is 4.36. The smallest absolute Gasteiger partial charge is 0.265 e. The van der Waals surface area contributed by atoms with E-state index in [1.807, 2.05) is 6.07 Å². The quantitative estimate of drug-likeness (QED) is 0.603. The standard InChI is InChI=1S/C22H18ClN3O3S/c1-2-26(19-6-4-3-5-7-19)30(28,29)21-14-18(12-13-20(21)23)25-22(27)17-10-8-16(15-24)9-11-17/h3-14H,2H2,1H3,(H,25,27). The second kappa shape index (κ2) is 8.99. The number of hydrogen-bond donors (Lipinski definition) is 1. The summed E-state index contributed by atoms with van der Waals surface area (Å²) in [5.41, 5.74) is 1.58. The molecule has 0 aliphatic carbocycles. The van der Waals surface area contributed by atoms with E-state index in [9.17, 15) is 13.2 Å². The first-order valence-corrected chi connectivity index (χ1v) is 10.9. The van der Waals surface area contributed by atoms with Crippen LogP contribution in [0.4, 0.5) is 11.4 Å². The molecule has 0 saturated heterocycles. The fourth-order valence-corrected chi connectivity index (χ4v) is 4.86. The molecule has 0 aliphatic heterocycles. The van der Waals surface area contributed by atoms with Gasteiger partial charge in [0.2, 0.25) is 0 Å². The monoisotopic (exact) mass is 439 g/mol. The van der Waals surface area contributed by atoms with Gasteiger partial charge in [-0.1, -0.05) is 29.8 Å². The summed E-state index contributed by atoms with van der Waals surface area (Å²) in [5.74, 6) is -0.430. The first-order valence-electron chi connectivity index (χ1n) is 9.05. The molecule has 6 nitrogen and oxygen atoms in total. The highest BCUT2D eigenvalue weighted by Gasteiger charge is 2.26. The molecule has 0 atom stereocenters. The highest BCUT2D eigenvalue weighted by atomic mass is 35.5. The molecule has 0 unspecified atom stereocenters. The second-order valence-electron chi connectivity index (χ2n) is 6.29. The number of nitriles is 1. The number of rotatable bonds is 6. The van der Waals surface area contributed by atoms with Crippen LogP contribution in [0.1, 0.15) is 22.8 Å². The Morgan fingerprint density at radius 3 is 2.33 bits per heavy atom. The molecule has 0 saturated carbocycles. The van der Waals surface area contributed by atoms with Gasteiger partial charge in [-0.3, -0.25) is 9.10 Å². The zero-order valence-corrected chi connectivity index (χ0v) is 17.6. The number of halogens is 1. The molecule has 0 heterocycles. The maximum absolute atomic E-state index is 13.3. The van der Waals surface area contributed by atoms with Crippen molar-refractivity contribution >= 4 is 38.9 Å². The molecule has 0 spiro atoms. The summed E-state index contributed by atoms with van der Waals surface area (Å²) in [6, 6.07) is 21.1. The average Bonchev–Trinajstić information content (AvgIpc) is 2.76. The number of hydrogen-bond acceptors (Lipinski definition) is 4. The van der Waals surface area contributed by atoms with Gasteiger partial charge in [-0.2, -0.15) is 5.26 Å². The number of sulfonamides is 1. The van der Waals surface area contributed by atoms with E-state index in [1.165, 1.54) is 46.8 Å². The highest BCUT2D eigenvalue weighted by molar-refractivity contribution is 7.93. The Morgan fingerprint density at radius 2 is 1.73 bits per heavy atom. The zero-order chi connectivity index (χ0) is 21.7. The number of nitrogens with zero attached hydrogens (tertiary/aromatic N) is 2. The Balaban J connectivity index is 1.92. The minimum atomic E-state index is -3.95. The van der Waals surface area contributed by atoms with Gasteiger partial charge in [0.15, 0.2) is 0 Å². The highest BCUT2D eigenvalue weighted by Crippen LogP contribution is 2.30. The molecule has 152 valence electrons. The minimum absolute atomic E-state index is 0.0563. The van der Waals surface area contributed by atoms with Crippen LogP contribution in [0.25, 0.3) is 0 Å². The number of para-hydroxylation sites is 1. The van der Waals surface area contributed by atoms with Gasteiger partial charge in [0.1, 0.15) is 4.90 Å². The first kappa shape index (κ1) is 21.4. The largest absolute Gasteiger partial charge is 0.322 e. The molecule has 0 bridgehead atoms. The van der Waals surface area contributed by atoms with Crippen LogP contribution in [0, 0.1) is 11.3 Å². The van der Waals surface area contributed by atoms with Crippen LogP contribution in [0.5, 0.6) is 0 Å².